The molecular formula is C18H21CrF9N4O12S3+3. The predicted octanol–water partition coefficient (Wildman–Crippen LogP) is 0.727. The minimum atomic E-state index is -6.09. The third-order valence-electron chi connectivity index (χ3n) is 3.49. The summed E-state index contributed by atoms with van der Waals surface area (Å²) in [6.07, 6.45) is 5.27. The molecule has 3 aromatic heterocycles. The Morgan fingerprint density at radius 2 is 0.638 bits per heavy atom. The van der Waals surface area contributed by atoms with Crippen LogP contribution in [0.25, 0.3) is 0 Å². The Kier molecular flexibility index (Phi) is 23.7. The van der Waals surface area contributed by atoms with Crippen LogP contribution in [0.3, 0.4) is 0 Å². The monoisotopic (exact) mass is 804 g/mol. The molecule has 1 radical (unpaired) electrons. The van der Waals surface area contributed by atoms with Gasteiger partial charge in [-0.25, -0.2) is 40.2 Å². The molecule has 47 heavy (non-hydrogen) atoms. The third kappa shape index (κ3) is 19.9. The fourth-order valence-electron chi connectivity index (χ4n) is 1.81. The Labute approximate surface area is 269 Å². The Morgan fingerprint density at radius 1 is 0.468 bits per heavy atom. The Morgan fingerprint density at radius 3 is 0.745 bits per heavy atom. The first-order valence-corrected chi connectivity index (χ1v) is 14.0. The molecule has 0 saturated carbocycles. The van der Waals surface area contributed by atoms with Gasteiger partial charge in [0.2, 0.25) is 0 Å². The van der Waals surface area contributed by atoms with Gasteiger partial charge in [-0.2, -0.15) is 39.5 Å². The van der Waals surface area contributed by atoms with Crippen molar-refractivity contribution in [2.24, 2.45) is 0 Å². The van der Waals surface area contributed by atoms with Crippen LogP contribution in [0.5, 0.6) is 0 Å². The van der Waals surface area contributed by atoms with E-state index in [1.165, 1.54) is 0 Å². The molecule has 0 aliphatic carbocycles. The van der Waals surface area contributed by atoms with E-state index < -0.39 is 46.9 Å². The minimum absolute atomic E-state index is 0. The molecule has 0 spiro atoms. The van der Waals surface area contributed by atoms with Crippen molar-refractivity contribution in [1.29, 1.82) is 0 Å². The van der Waals surface area contributed by atoms with E-state index in [4.69, 9.17) is 38.9 Å². The molecule has 9 N–H and O–H groups in total. The molecule has 29 heteroatoms. The number of alkyl halides is 9. The van der Waals surface area contributed by atoms with E-state index in [2.05, 4.69) is 15.0 Å². The molecule has 0 fully saturated rings. The summed E-state index contributed by atoms with van der Waals surface area (Å²) >= 11 is 0. The van der Waals surface area contributed by atoms with Crippen LogP contribution in [0.15, 0.2) is 73.2 Å². The maximum atomic E-state index is 10.7. The Hall–Kier alpha value is -3.24. The van der Waals surface area contributed by atoms with Crippen molar-refractivity contribution in [2.75, 3.05) is 4.90 Å². The van der Waals surface area contributed by atoms with E-state index in [1.54, 1.807) is 18.6 Å². The molecular weight excluding hydrogens is 783 g/mol. The molecule has 0 saturated heterocycles. The van der Waals surface area contributed by atoms with Crippen LogP contribution >= 0.6 is 0 Å². The number of rotatable bonds is 3. The van der Waals surface area contributed by atoms with Crippen molar-refractivity contribution in [3.8, 4) is 0 Å². The second kappa shape index (κ2) is 20.9. The number of aromatic nitrogens is 3. The first-order chi connectivity index (χ1) is 19.2. The molecule has 269 valence electrons. The largest absolute Gasteiger partial charge is 3.00 e. The van der Waals surface area contributed by atoms with Crippen LogP contribution < -0.4 is 4.90 Å². The molecule has 0 aromatic carbocycles. The maximum Gasteiger partial charge on any atom is 3.00 e. The summed E-state index contributed by atoms with van der Waals surface area (Å²) in [5.41, 5.74) is -16.9. The fourth-order valence-corrected chi connectivity index (χ4v) is 1.81. The molecule has 3 rings (SSSR count). The van der Waals surface area contributed by atoms with Crippen LogP contribution in [0.2, 0.25) is 0 Å². The Balaban J connectivity index is -0.000000180. The van der Waals surface area contributed by atoms with Crippen LogP contribution in [-0.2, 0) is 64.1 Å². The molecule has 0 aliphatic rings. The normalized spacial score (nSPS) is 11.2. The first kappa shape index (κ1) is 53.3. The van der Waals surface area contributed by atoms with Crippen molar-refractivity contribution < 1.29 is 112 Å². The van der Waals surface area contributed by atoms with Gasteiger partial charge in [-0.15, -0.1) is 0 Å². The van der Waals surface area contributed by atoms with Gasteiger partial charge in [0.25, 0.3) is 0 Å². The van der Waals surface area contributed by atoms with Crippen molar-refractivity contribution in [1.82, 2.24) is 15.0 Å². The van der Waals surface area contributed by atoms with Gasteiger partial charge in [-0.1, -0.05) is 18.2 Å². The summed E-state index contributed by atoms with van der Waals surface area (Å²) in [5, 5.41) is 0. The van der Waals surface area contributed by atoms with Gasteiger partial charge in [0.05, 0.1) is 0 Å². The van der Waals surface area contributed by atoms with Gasteiger partial charge in [0.1, 0.15) is 17.5 Å². The summed E-state index contributed by atoms with van der Waals surface area (Å²) in [6, 6.07) is 17.3. The molecule has 0 unspecified atom stereocenters. The zero-order valence-corrected chi connectivity index (χ0v) is 25.9. The third-order valence-corrected chi connectivity index (χ3v) is 5.19. The summed E-state index contributed by atoms with van der Waals surface area (Å²) in [6.45, 7) is 0. The van der Waals surface area contributed by atoms with Gasteiger partial charge in [-0.05, 0) is 36.4 Å². The summed E-state index contributed by atoms with van der Waals surface area (Å²) in [4.78, 5) is 15.0. The molecule has 0 bridgehead atoms. The molecule has 3 aromatic rings. The van der Waals surface area contributed by atoms with Gasteiger partial charge in [0, 0.05) is 18.6 Å². The second-order valence-electron chi connectivity index (χ2n) is 6.60. The SMILES string of the molecule is O=S(=O)([O-])C(F)(F)F.O=S(=O)([O-])C(F)(F)F.O=S(=O)([O-])C(F)(F)F.[Cr+3].[OH3+].[OH3+].[OH3+].c1ccc(N(c2ccccn2)c2ccccn2)nc1. The van der Waals surface area contributed by atoms with E-state index in [0.717, 1.165) is 17.5 Å². The summed E-state index contributed by atoms with van der Waals surface area (Å²) in [7, 11) is -18.3. The van der Waals surface area contributed by atoms with E-state index in [0.29, 0.717) is 0 Å². The van der Waals surface area contributed by atoms with Gasteiger partial charge < -0.3 is 30.1 Å². The van der Waals surface area contributed by atoms with Crippen LogP contribution in [0.1, 0.15) is 0 Å². The molecule has 0 aliphatic heterocycles. The number of anilines is 3. The van der Waals surface area contributed by atoms with Crippen molar-refractivity contribution in [2.45, 2.75) is 16.5 Å². The van der Waals surface area contributed by atoms with Crippen LogP contribution in [-0.4, -0.2) is 70.4 Å². The van der Waals surface area contributed by atoms with Crippen molar-refractivity contribution in [3.63, 3.8) is 0 Å². The smallest absolute Gasteiger partial charge is 0.741 e. The fraction of sp³-hybridized carbons (Fsp3) is 0.167. The average Bonchev–Trinajstić information content (AvgIpc) is 2.84. The van der Waals surface area contributed by atoms with Gasteiger partial charge >= 0.3 is 33.9 Å². The number of halogens is 9. The molecule has 0 amide bonds. The number of nitrogens with zero attached hydrogens (tertiary/aromatic N) is 4. The first-order valence-electron chi connectivity index (χ1n) is 9.80. The summed E-state index contributed by atoms with van der Waals surface area (Å²) < 4.78 is 177. The van der Waals surface area contributed by atoms with Gasteiger partial charge in [0.15, 0.2) is 30.4 Å². The molecule has 16 nitrogen and oxygen atoms in total. The zero-order valence-electron chi connectivity index (χ0n) is 22.2. The van der Waals surface area contributed by atoms with E-state index in [1.807, 2.05) is 59.5 Å². The summed E-state index contributed by atoms with van der Waals surface area (Å²) in [5.74, 6) is 2.37. The molecule has 0 atom stereocenters. The number of hydrogen-bond donors (Lipinski definition) is 0. The van der Waals surface area contributed by atoms with Gasteiger partial charge in [-0.3, -0.25) is 4.90 Å². The quantitative estimate of drug-likeness (QED) is 0.153. The standard InChI is InChI=1S/C15H12N4.3CHF3O3S.Cr.3H2O/c1-4-10-16-13(7-1)19(14-8-2-5-11-17-14)15-9-3-6-12-18-15;3*2-1(3,4)8(5,6)7;;;;/h1-12H;3*(H,5,6,7);;3*1H2/q;;;;+3;;;. The van der Waals surface area contributed by atoms with E-state index in [-0.39, 0.29) is 33.8 Å². The van der Waals surface area contributed by atoms with Crippen LogP contribution in [0.4, 0.5) is 57.0 Å². The topological polar surface area (TPSA) is 313 Å². The minimum Gasteiger partial charge on any atom is -0.741 e. The zero-order chi connectivity index (χ0) is 33.9. The van der Waals surface area contributed by atoms with E-state index >= 15 is 0 Å². The number of hydrogen-bond acceptors (Lipinski definition) is 13. The van der Waals surface area contributed by atoms with Crippen LogP contribution in [0, 0.1) is 0 Å². The Bertz CT molecular complexity index is 1410. The predicted molar refractivity (Wildman–Crippen MR) is 136 cm³/mol. The van der Waals surface area contributed by atoms with Crippen molar-refractivity contribution >= 4 is 47.8 Å². The average molecular weight is 805 g/mol. The number of pyridine rings is 3. The van der Waals surface area contributed by atoms with Crippen molar-refractivity contribution in [3.05, 3.63) is 73.2 Å². The maximum absolute atomic E-state index is 10.7. The molecule has 3 heterocycles. The van der Waals surface area contributed by atoms with E-state index in [9.17, 15) is 39.5 Å². The second-order valence-corrected chi connectivity index (χ2v) is 10.7.